The predicted octanol–water partition coefficient (Wildman–Crippen LogP) is 4.64. The fourth-order valence-electron chi connectivity index (χ4n) is 3.79. The molecule has 3 nitrogen and oxygen atoms in total. The second kappa shape index (κ2) is 7.43. The van der Waals surface area contributed by atoms with Crippen LogP contribution >= 0.6 is 12.2 Å². The number of hydrogen-bond donors (Lipinski definition) is 1. The number of halogens is 2. The lowest BCUT2D eigenvalue weighted by Gasteiger charge is -2.45. The van der Waals surface area contributed by atoms with E-state index in [-0.39, 0.29) is 5.75 Å². The number of ether oxygens (including phenoxy) is 1. The number of nitrogens with one attached hydrogen (secondary N) is 1. The third-order valence-electron chi connectivity index (χ3n) is 4.83. The Kier molecular flexibility index (Phi) is 5.30. The smallest absolute Gasteiger partial charge is 0.387 e. The van der Waals surface area contributed by atoms with Crippen molar-refractivity contribution in [2.75, 3.05) is 11.9 Å². The average Bonchev–Trinajstić information content (AvgIpc) is 2.55. The molecule has 0 spiro atoms. The number of anilines is 1. The molecule has 2 fully saturated rings. The topological polar surface area (TPSA) is 24.5 Å². The van der Waals surface area contributed by atoms with Crippen LogP contribution < -0.4 is 10.1 Å². The van der Waals surface area contributed by atoms with E-state index >= 15 is 0 Å². The van der Waals surface area contributed by atoms with E-state index in [4.69, 9.17) is 12.2 Å². The maximum Gasteiger partial charge on any atom is 0.387 e. The molecule has 1 saturated carbocycles. The second-order valence-corrected chi connectivity index (χ2v) is 6.67. The van der Waals surface area contributed by atoms with E-state index in [0.717, 1.165) is 23.3 Å². The van der Waals surface area contributed by atoms with Crippen LogP contribution in [0.2, 0.25) is 0 Å². The summed E-state index contributed by atoms with van der Waals surface area (Å²) in [5.41, 5.74) is 0.801. The normalized spacial score (nSPS) is 24.2. The fraction of sp³-hybridized carbons (Fsp3) is 0.588. The Morgan fingerprint density at radius 3 is 2.57 bits per heavy atom. The monoisotopic (exact) mass is 340 g/mol. The molecule has 1 aromatic carbocycles. The van der Waals surface area contributed by atoms with Gasteiger partial charge in [0.15, 0.2) is 5.11 Å². The molecule has 0 bridgehead atoms. The summed E-state index contributed by atoms with van der Waals surface area (Å²) in [4.78, 5) is 2.33. The summed E-state index contributed by atoms with van der Waals surface area (Å²) >= 11 is 5.59. The van der Waals surface area contributed by atoms with Gasteiger partial charge in [-0.1, -0.05) is 12.8 Å². The molecule has 2 aliphatic rings. The Labute approximate surface area is 141 Å². The van der Waals surface area contributed by atoms with Crippen molar-refractivity contribution in [2.24, 2.45) is 5.92 Å². The van der Waals surface area contributed by atoms with E-state index in [9.17, 15) is 8.78 Å². The summed E-state index contributed by atoms with van der Waals surface area (Å²) in [7, 11) is 0. The minimum absolute atomic E-state index is 0.154. The van der Waals surface area contributed by atoms with Gasteiger partial charge in [0.2, 0.25) is 0 Å². The highest BCUT2D eigenvalue weighted by Gasteiger charge is 2.34. The molecule has 1 heterocycles. The van der Waals surface area contributed by atoms with E-state index in [1.54, 1.807) is 12.1 Å². The highest BCUT2D eigenvalue weighted by atomic mass is 32.1. The molecular weight excluding hydrogens is 318 g/mol. The van der Waals surface area contributed by atoms with E-state index in [0.29, 0.717) is 6.04 Å². The predicted molar refractivity (Wildman–Crippen MR) is 91.0 cm³/mol. The highest BCUT2D eigenvalue weighted by molar-refractivity contribution is 7.80. The van der Waals surface area contributed by atoms with Crippen LogP contribution in [0.25, 0.3) is 0 Å². The lowest BCUT2D eigenvalue weighted by atomic mass is 9.78. The number of likely N-dealkylation sites (tertiary alicyclic amines) is 1. The molecule has 0 amide bonds. The summed E-state index contributed by atoms with van der Waals surface area (Å²) in [6.45, 7) is -1.80. The van der Waals surface area contributed by atoms with Gasteiger partial charge >= 0.3 is 6.61 Å². The summed E-state index contributed by atoms with van der Waals surface area (Å²) in [5.74, 6) is 0.917. The van der Waals surface area contributed by atoms with Crippen molar-refractivity contribution in [1.29, 1.82) is 0 Å². The average molecular weight is 340 g/mol. The van der Waals surface area contributed by atoms with Gasteiger partial charge in [-0.25, -0.2) is 0 Å². The number of nitrogens with zero attached hydrogens (tertiary/aromatic N) is 1. The number of benzene rings is 1. The second-order valence-electron chi connectivity index (χ2n) is 6.28. The summed E-state index contributed by atoms with van der Waals surface area (Å²) < 4.78 is 28.7. The SMILES string of the molecule is FC(F)Oc1ccc(NC(=S)N2CCC[C@H]3CCCC[C@H]32)cc1. The van der Waals surface area contributed by atoms with Crippen molar-refractivity contribution in [2.45, 2.75) is 51.2 Å². The summed E-state index contributed by atoms with van der Waals surface area (Å²) in [5, 5.41) is 3.98. The Bertz CT molecular complexity index is 536. The molecule has 1 N–H and O–H groups in total. The molecule has 0 aromatic heterocycles. The van der Waals surface area contributed by atoms with Gasteiger partial charge in [0.05, 0.1) is 0 Å². The van der Waals surface area contributed by atoms with Crippen molar-refractivity contribution < 1.29 is 13.5 Å². The third kappa shape index (κ3) is 4.10. The first-order valence-corrected chi connectivity index (χ1v) is 8.67. The summed E-state index contributed by atoms with van der Waals surface area (Å²) in [6, 6.07) is 7.03. The first kappa shape index (κ1) is 16.4. The maximum absolute atomic E-state index is 12.2. The number of thiocarbonyl (C=S) groups is 1. The van der Waals surface area contributed by atoms with Gasteiger partial charge in [0.25, 0.3) is 0 Å². The van der Waals surface area contributed by atoms with Gasteiger partial charge in [-0.05, 0) is 68.1 Å². The van der Waals surface area contributed by atoms with E-state index in [1.807, 2.05) is 0 Å². The van der Waals surface area contributed by atoms with Gasteiger partial charge in [-0.3, -0.25) is 0 Å². The Hall–Kier alpha value is -1.43. The minimum atomic E-state index is -2.80. The number of rotatable bonds is 3. The van der Waals surface area contributed by atoms with Gasteiger partial charge < -0.3 is 15.0 Å². The van der Waals surface area contributed by atoms with Gasteiger partial charge in [0.1, 0.15) is 5.75 Å². The maximum atomic E-state index is 12.2. The van der Waals surface area contributed by atoms with Crippen LogP contribution in [0.4, 0.5) is 14.5 Å². The van der Waals surface area contributed by atoms with Crippen LogP contribution in [0, 0.1) is 5.92 Å². The molecule has 1 aliphatic heterocycles. The molecule has 23 heavy (non-hydrogen) atoms. The molecule has 126 valence electrons. The molecule has 1 aliphatic carbocycles. The Morgan fingerprint density at radius 2 is 1.83 bits per heavy atom. The lowest BCUT2D eigenvalue weighted by molar-refractivity contribution is -0.0498. The van der Waals surface area contributed by atoms with Crippen LogP contribution in [-0.2, 0) is 0 Å². The van der Waals surface area contributed by atoms with Crippen LogP contribution in [0.5, 0.6) is 5.75 Å². The van der Waals surface area contributed by atoms with Crippen LogP contribution in [0.3, 0.4) is 0 Å². The first-order chi connectivity index (χ1) is 11.1. The van der Waals surface area contributed by atoms with E-state index in [2.05, 4.69) is 15.0 Å². The number of hydrogen-bond acceptors (Lipinski definition) is 2. The molecule has 1 aromatic rings. The van der Waals surface area contributed by atoms with Crippen LogP contribution in [0.15, 0.2) is 24.3 Å². The minimum Gasteiger partial charge on any atom is -0.435 e. The van der Waals surface area contributed by atoms with Crippen molar-refractivity contribution in [3.8, 4) is 5.75 Å². The number of piperidine rings is 1. The van der Waals surface area contributed by atoms with Gasteiger partial charge in [0, 0.05) is 18.3 Å². The largest absolute Gasteiger partial charge is 0.435 e. The molecule has 3 rings (SSSR count). The van der Waals surface area contributed by atoms with E-state index < -0.39 is 6.61 Å². The summed E-state index contributed by atoms with van der Waals surface area (Å²) in [6.07, 6.45) is 7.63. The third-order valence-corrected chi connectivity index (χ3v) is 5.17. The zero-order valence-corrected chi connectivity index (χ0v) is 13.8. The van der Waals surface area contributed by atoms with Gasteiger partial charge in [-0.2, -0.15) is 8.78 Å². The first-order valence-electron chi connectivity index (χ1n) is 8.26. The van der Waals surface area contributed by atoms with Crippen molar-refractivity contribution in [3.63, 3.8) is 0 Å². The molecular formula is C17H22F2N2OS. The lowest BCUT2D eigenvalue weighted by Crippen LogP contribution is -2.51. The van der Waals surface area contributed by atoms with E-state index in [1.165, 1.54) is 50.7 Å². The molecule has 6 heteroatoms. The molecule has 1 saturated heterocycles. The zero-order chi connectivity index (χ0) is 16.2. The highest BCUT2D eigenvalue weighted by Crippen LogP contribution is 2.35. The fourth-order valence-corrected chi connectivity index (χ4v) is 4.14. The molecule has 0 unspecified atom stereocenters. The quantitative estimate of drug-likeness (QED) is 0.810. The van der Waals surface area contributed by atoms with Gasteiger partial charge in [-0.15, -0.1) is 0 Å². The number of fused-ring (bicyclic) bond motifs is 1. The zero-order valence-electron chi connectivity index (χ0n) is 13.0. The van der Waals surface area contributed by atoms with Crippen molar-refractivity contribution >= 4 is 23.0 Å². The molecule has 0 radical (unpaired) electrons. The number of alkyl halides is 2. The van der Waals surface area contributed by atoms with Crippen LogP contribution in [-0.4, -0.2) is 29.2 Å². The van der Waals surface area contributed by atoms with Crippen LogP contribution in [0.1, 0.15) is 38.5 Å². The Morgan fingerprint density at radius 1 is 1.13 bits per heavy atom. The van der Waals surface area contributed by atoms with Crippen molar-refractivity contribution in [1.82, 2.24) is 4.90 Å². The molecule has 2 atom stereocenters. The van der Waals surface area contributed by atoms with Crippen molar-refractivity contribution in [3.05, 3.63) is 24.3 Å². The standard InChI is InChI=1S/C17H22F2N2OS/c18-16(19)22-14-9-7-13(8-10-14)20-17(23)21-11-3-5-12-4-1-2-6-15(12)21/h7-10,12,15-16H,1-6,11H2,(H,20,23)/t12-,15-/m1/s1. The Balaban J connectivity index is 1.61.